The zero-order chi connectivity index (χ0) is 13.3. The fraction of sp³-hybridized carbons (Fsp3) is 0.500. The highest BCUT2D eigenvalue weighted by molar-refractivity contribution is 5.26. The van der Waals surface area contributed by atoms with Gasteiger partial charge in [-0.25, -0.2) is 4.79 Å². The molecule has 3 atom stereocenters. The topological polar surface area (TPSA) is 123 Å². The van der Waals surface area contributed by atoms with Crippen LogP contribution in [0.25, 0.3) is 0 Å². The molecule has 1 saturated heterocycles. The molecule has 0 unspecified atom stereocenters. The largest absolute Gasteiger partial charge is 0.391 e. The van der Waals surface area contributed by atoms with E-state index in [4.69, 9.17) is 10.5 Å². The molecular formula is C10H14N4O4. The summed E-state index contributed by atoms with van der Waals surface area (Å²) < 4.78 is 6.52. The predicted molar refractivity (Wildman–Crippen MR) is 63.0 cm³/mol. The minimum atomic E-state index is -1.29. The van der Waals surface area contributed by atoms with E-state index in [1.54, 1.807) is 0 Å². The molecule has 8 heteroatoms. The van der Waals surface area contributed by atoms with Crippen molar-refractivity contribution in [3.8, 4) is 0 Å². The van der Waals surface area contributed by atoms with Crippen LogP contribution in [0.15, 0.2) is 22.1 Å². The van der Waals surface area contributed by atoms with Crippen molar-refractivity contribution < 1.29 is 14.9 Å². The molecule has 0 saturated carbocycles. The Labute approximate surface area is 102 Å². The molecule has 1 aliphatic rings. The lowest BCUT2D eigenvalue weighted by atomic mass is 10.1. The van der Waals surface area contributed by atoms with Gasteiger partial charge in [-0.1, -0.05) is 0 Å². The Kier molecular flexibility index (Phi) is 3.16. The van der Waals surface area contributed by atoms with Crippen molar-refractivity contribution in [3.63, 3.8) is 0 Å². The summed E-state index contributed by atoms with van der Waals surface area (Å²) >= 11 is 0. The van der Waals surface area contributed by atoms with Crippen LogP contribution in [0.1, 0.15) is 12.6 Å². The first-order valence-electron chi connectivity index (χ1n) is 5.30. The standard InChI is InChI=1S/C10H14N4O4/c1-12-10(5-15)4-6(16)8(18-10)14-3-2-7(11)13-9(14)17/h2-3,6,8,15-16H,1,4-5H2,(H2,11,13,17)/t6-,8-,10+/m1/s1. The normalized spacial score (nSPS) is 31.4. The van der Waals surface area contributed by atoms with E-state index in [-0.39, 0.29) is 12.2 Å². The first kappa shape index (κ1) is 12.7. The molecular weight excluding hydrogens is 240 g/mol. The summed E-state index contributed by atoms with van der Waals surface area (Å²) in [5.41, 5.74) is 3.44. The molecule has 0 amide bonds. The van der Waals surface area contributed by atoms with Crippen molar-refractivity contribution in [2.45, 2.75) is 24.5 Å². The summed E-state index contributed by atoms with van der Waals surface area (Å²) in [7, 11) is 0. The molecule has 1 aromatic heterocycles. The smallest absolute Gasteiger partial charge is 0.351 e. The Bertz CT molecular complexity index is 517. The van der Waals surface area contributed by atoms with Crippen molar-refractivity contribution in [2.75, 3.05) is 12.3 Å². The zero-order valence-corrected chi connectivity index (χ0v) is 9.56. The number of nitrogens with zero attached hydrogens (tertiary/aromatic N) is 3. The number of hydrogen-bond donors (Lipinski definition) is 3. The molecule has 4 N–H and O–H groups in total. The summed E-state index contributed by atoms with van der Waals surface area (Å²) in [6.45, 7) is 2.89. The van der Waals surface area contributed by atoms with E-state index < -0.39 is 30.4 Å². The van der Waals surface area contributed by atoms with E-state index in [0.717, 1.165) is 4.57 Å². The highest BCUT2D eigenvalue weighted by Crippen LogP contribution is 2.36. The van der Waals surface area contributed by atoms with Crippen LogP contribution in [0.3, 0.4) is 0 Å². The number of nitrogen functional groups attached to an aromatic ring is 1. The molecule has 1 fully saturated rings. The van der Waals surface area contributed by atoms with Gasteiger partial charge in [-0.15, -0.1) is 0 Å². The second kappa shape index (κ2) is 4.48. The molecule has 1 aliphatic heterocycles. The Hall–Kier alpha value is -1.77. The van der Waals surface area contributed by atoms with Gasteiger partial charge in [0.05, 0.1) is 6.61 Å². The Morgan fingerprint density at radius 1 is 1.78 bits per heavy atom. The molecule has 2 heterocycles. The summed E-state index contributed by atoms with van der Waals surface area (Å²) in [4.78, 5) is 18.8. The van der Waals surface area contributed by atoms with Crippen LogP contribution >= 0.6 is 0 Å². The summed E-state index contributed by atoms with van der Waals surface area (Å²) in [5, 5.41) is 19.1. The monoisotopic (exact) mass is 254 g/mol. The molecule has 0 radical (unpaired) electrons. The van der Waals surface area contributed by atoms with E-state index in [1.165, 1.54) is 12.3 Å². The van der Waals surface area contributed by atoms with Crippen LogP contribution in [0.4, 0.5) is 5.82 Å². The third-order valence-electron chi connectivity index (χ3n) is 2.86. The van der Waals surface area contributed by atoms with Crippen LogP contribution in [0.2, 0.25) is 0 Å². The number of anilines is 1. The van der Waals surface area contributed by atoms with Gasteiger partial charge in [0.25, 0.3) is 0 Å². The first-order chi connectivity index (χ1) is 8.51. The molecule has 18 heavy (non-hydrogen) atoms. The highest BCUT2D eigenvalue weighted by Gasteiger charge is 2.46. The fourth-order valence-electron chi connectivity index (χ4n) is 1.89. The summed E-state index contributed by atoms with van der Waals surface area (Å²) in [6, 6.07) is 1.41. The fourth-order valence-corrected chi connectivity index (χ4v) is 1.89. The highest BCUT2D eigenvalue weighted by atomic mass is 16.6. The number of rotatable bonds is 3. The maximum absolute atomic E-state index is 11.6. The predicted octanol–water partition coefficient (Wildman–Crippen LogP) is -1.51. The Morgan fingerprint density at radius 3 is 3.00 bits per heavy atom. The zero-order valence-electron chi connectivity index (χ0n) is 9.56. The summed E-state index contributed by atoms with van der Waals surface area (Å²) in [5.74, 6) is 0.0824. The van der Waals surface area contributed by atoms with Crippen molar-refractivity contribution in [3.05, 3.63) is 22.7 Å². The molecule has 0 aromatic carbocycles. The quantitative estimate of drug-likeness (QED) is 0.564. The molecule has 0 bridgehead atoms. The average molecular weight is 254 g/mol. The van der Waals surface area contributed by atoms with Gasteiger partial charge in [-0.05, 0) is 12.8 Å². The maximum atomic E-state index is 11.6. The molecule has 8 nitrogen and oxygen atoms in total. The molecule has 0 spiro atoms. The lowest BCUT2D eigenvalue weighted by Crippen LogP contribution is -2.33. The summed E-state index contributed by atoms with van der Waals surface area (Å²) in [6.07, 6.45) is -0.544. The third-order valence-corrected chi connectivity index (χ3v) is 2.86. The van der Waals surface area contributed by atoms with Crippen LogP contribution in [-0.2, 0) is 4.74 Å². The van der Waals surface area contributed by atoms with Crippen molar-refractivity contribution in [1.29, 1.82) is 0 Å². The second-order valence-electron chi connectivity index (χ2n) is 4.08. The third kappa shape index (κ3) is 2.01. The second-order valence-corrected chi connectivity index (χ2v) is 4.08. The Balaban J connectivity index is 2.35. The Morgan fingerprint density at radius 2 is 2.50 bits per heavy atom. The van der Waals surface area contributed by atoms with Crippen LogP contribution in [0, 0.1) is 0 Å². The van der Waals surface area contributed by atoms with Crippen molar-refractivity contribution in [1.82, 2.24) is 9.55 Å². The lowest BCUT2D eigenvalue weighted by Gasteiger charge is -2.22. The molecule has 1 aromatic rings. The van der Waals surface area contributed by atoms with E-state index >= 15 is 0 Å². The van der Waals surface area contributed by atoms with Gasteiger partial charge >= 0.3 is 5.69 Å². The number of aromatic nitrogens is 2. The SMILES string of the molecule is C=N[C@@]1(CO)C[C@@H](O)[C@H](n2ccc(N)nc2=O)O1. The lowest BCUT2D eigenvalue weighted by molar-refractivity contribution is -0.105. The minimum absolute atomic E-state index is 0.0501. The van der Waals surface area contributed by atoms with Crippen LogP contribution in [0.5, 0.6) is 0 Å². The van der Waals surface area contributed by atoms with Gasteiger partial charge in [-0.3, -0.25) is 9.56 Å². The molecule has 0 aliphatic carbocycles. The number of aliphatic hydroxyl groups is 2. The van der Waals surface area contributed by atoms with E-state index in [2.05, 4.69) is 16.7 Å². The van der Waals surface area contributed by atoms with Crippen molar-refractivity contribution >= 4 is 12.5 Å². The average Bonchev–Trinajstić information content (AvgIpc) is 2.67. The molecule has 2 rings (SSSR count). The van der Waals surface area contributed by atoms with Crippen molar-refractivity contribution in [2.24, 2.45) is 4.99 Å². The van der Waals surface area contributed by atoms with Gasteiger partial charge in [0.15, 0.2) is 12.0 Å². The number of aliphatic imine (C=N–C) groups is 1. The van der Waals surface area contributed by atoms with Gasteiger partial charge in [-0.2, -0.15) is 4.98 Å². The van der Waals surface area contributed by atoms with Gasteiger partial charge in [0.2, 0.25) is 0 Å². The van der Waals surface area contributed by atoms with E-state index in [1.807, 2.05) is 0 Å². The number of aliphatic hydroxyl groups excluding tert-OH is 2. The van der Waals surface area contributed by atoms with E-state index in [9.17, 15) is 15.0 Å². The number of ether oxygens (including phenoxy) is 1. The number of nitrogens with two attached hydrogens (primary N) is 1. The van der Waals surface area contributed by atoms with Crippen LogP contribution < -0.4 is 11.4 Å². The number of hydrogen-bond acceptors (Lipinski definition) is 7. The first-order valence-corrected chi connectivity index (χ1v) is 5.30. The maximum Gasteiger partial charge on any atom is 0.351 e. The molecule has 98 valence electrons. The van der Waals surface area contributed by atoms with Gasteiger partial charge in [0.1, 0.15) is 11.9 Å². The van der Waals surface area contributed by atoms with E-state index in [0.29, 0.717) is 0 Å². The van der Waals surface area contributed by atoms with Gasteiger partial charge in [0, 0.05) is 12.6 Å². The van der Waals surface area contributed by atoms with Gasteiger partial charge < -0.3 is 20.7 Å². The minimum Gasteiger partial charge on any atom is -0.391 e. The van der Waals surface area contributed by atoms with Crippen LogP contribution in [-0.4, -0.2) is 44.9 Å².